The van der Waals surface area contributed by atoms with E-state index in [4.69, 9.17) is 15.6 Å². The van der Waals surface area contributed by atoms with E-state index in [1.54, 1.807) is 12.0 Å². The van der Waals surface area contributed by atoms with Gasteiger partial charge in [-0.15, -0.1) is 0 Å². The van der Waals surface area contributed by atoms with Crippen LogP contribution in [0.25, 0.3) is 0 Å². The molecule has 0 amide bonds. The van der Waals surface area contributed by atoms with Crippen LogP contribution in [0, 0.1) is 0 Å². The van der Waals surface area contributed by atoms with Gasteiger partial charge in [-0.3, -0.25) is 0 Å². The number of carboxylic acid groups (broad SMARTS) is 1. The Hall–Kier alpha value is -2.76. The molecule has 0 saturated carbocycles. The van der Waals surface area contributed by atoms with Gasteiger partial charge in [-0.05, 0) is 23.8 Å². The Morgan fingerprint density at radius 1 is 1.43 bits per heavy atom. The molecule has 0 aliphatic heterocycles. The summed E-state index contributed by atoms with van der Waals surface area (Å²) >= 11 is 0. The van der Waals surface area contributed by atoms with Crippen LogP contribution in [0.4, 0.5) is 11.5 Å². The predicted molar refractivity (Wildman–Crippen MR) is 80.7 cm³/mol. The Labute approximate surface area is 122 Å². The molecule has 1 aromatic carbocycles. The second-order valence-electron chi connectivity index (χ2n) is 4.61. The number of anilines is 2. The summed E-state index contributed by atoms with van der Waals surface area (Å²) in [6.07, 6.45) is 1.44. The highest BCUT2D eigenvalue weighted by molar-refractivity contribution is 5.96. The molecule has 6 nitrogen and oxygen atoms in total. The van der Waals surface area contributed by atoms with Gasteiger partial charge in [0.05, 0.1) is 18.4 Å². The minimum atomic E-state index is -1.06. The van der Waals surface area contributed by atoms with Crippen molar-refractivity contribution in [3.05, 3.63) is 47.7 Å². The fourth-order valence-corrected chi connectivity index (χ4v) is 2.07. The van der Waals surface area contributed by atoms with Crippen LogP contribution in [0.2, 0.25) is 0 Å². The first kappa shape index (κ1) is 14.6. The molecule has 0 aliphatic rings. The maximum atomic E-state index is 11.1. The zero-order valence-corrected chi connectivity index (χ0v) is 11.9. The number of nitrogen functional groups attached to an aromatic ring is 1. The van der Waals surface area contributed by atoms with Crippen LogP contribution in [-0.2, 0) is 6.54 Å². The number of aromatic carboxylic acids is 1. The third kappa shape index (κ3) is 3.22. The molecule has 1 heterocycles. The highest BCUT2D eigenvalue weighted by atomic mass is 16.5. The van der Waals surface area contributed by atoms with Crippen molar-refractivity contribution in [2.45, 2.75) is 6.54 Å². The number of aromatic nitrogens is 1. The summed E-state index contributed by atoms with van der Waals surface area (Å²) in [5.41, 5.74) is 7.11. The Morgan fingerprint density at radius 3 is 2.86 bits per heavy atom. The van der Waals surface area contributed by atoms with Gasteiger partial charge in [-0.1, -0.05) is 12.1 Å². The molecule has 0 radical (unpaired) electrons. The van der Waals surface area contributed by atoms with E-state index in [2.05, 4.69) is 4.98 Å². The number of hydrogen-bond acceptors (Lipinski definition) is 5. The molecule has 3 N–H and O–H groups in total. The molecule has 1 aromatic heterocycles. The number of hydrogen-bond donors (Lipinski definition) is 2. The van der Waals surface area contributed by atoms with Gasteiger partial charge in [0, 0.05) is 19.8 Å². The molecule has 110 valence electrons. The largest absolute Gasteiger partial charge is 0.497 e. The second kappa shape index (κ2) is 6.13. The van der Waals surface area contributed by atoms with Crippen molar-refractivity contribution in [3.8, 4) is 5.75 Å². The number of ether oxygens (including phenoxy) is 1. The summed E-state index contributed by atoms with van der Waals surface area (Å²) in [7, 11) is 3.42. The van der Waals surface area contributed by atoms with Gasteiger partial charge in [-0.25, -0.2) is 9.78 Å². The van der Waals surface area contributed by atoms with Crippen molar-refractivity contribution in [1.29, 1.82) is 0 Å². The lowest BCUT2D eigenvalue weighted by molar-refractivity contribution is 0.0698. The third-order valence-corrected chi connectivity index (χ3v) is 3.11. The van der Waals surface area contributed by atoms with Crippen LogP contribution >= 0.6 is 0 Å². The quantitative estimate of drug-likeness (QED) is 0.874. The number of benzene rings is 1. The standard InChI is InChI=1S/C15H17N3O3/c1-18(9-10-4-3-5-11(8-10)21-2)14-13(16)12(15(19)20)6-7-17-14/h3-8H,9,16H2,1-2H3,(H,19,20). The van der Waals surface area contributed by atoms with Gasteiger partial charge in [-0.2, -0.15) is 0 Å². The summed E-state index contributed by atoms with van der Waals surface area (Å²) in [5, 5.41) is 9.09. The zero-order valence-electron chi connectivity index (χ0n) is 11.9. The fourth-order valence-electron chi connectivity index (χ4n) is 2.07. The summed E-state index contributed by atoms with van der Waals surface area (Å²) in [4.78, 5) is 17.1. The van der Waals surface area contributed by atoms with Crippen molar-refractivity contribution in [1.82, 2.24) is 4.98 Å². The summed E-state index contributed by atoms with van der Waals surface area (Å²) < 4.78 is 5.18. The maximum absolute atomic E-state index is 11.1. The van der Waals surface area contributed by atoms with Crippen molar-refractivity contribution < 1.29 is 14.6 Å². The lowest BCUT2D eigenvalue weighted by atomic mass is 10.2. The average molecular weight is 287 g/mol. The molecule has 0 spiro atoms. The molecule has 0 fully saturated rings. The number of carbonyl (C=O) groups is 1. The maximum Gasteiger partial charge on any atom is 0.337 e. The lowest BCUT2D eigenvalue weighted by Gasteiger charge is -2.20. The second-order valence-corrected chi connectivity index (χ2v) is 4.61. The van der Waals surface area contributed by atoms with Crippen LogP contribution in [0.1, 0.15) is 15.9 Å². The van der Waals surface area contributed by atoms with Crippen LogP contribution in [0.3, 0.4) is 0 Å². The first-order valence-corrected chi connectivity index (χ1v) is 6.34. The molecule has 0 atom stereocenters. The normalized spacial score (nSPS) is 10.2. The van der Waals surface area contributed by atoms with Gasteiger partial charge in [0.2, 0.25) is 0 Å². The summed E-state index contributed by atoms with van der Waals surface area (Å²) in [6.45, 7) is 0.539. The number of carboxylic acids is 1. The number of nitrogens with zero attached hydrogens (tertiary/aromatic N) is 2. The molecule has 0 unspecified atom stereocenters. The van der Waals surface area contributed by atoms with E-state index in [-0.39, 0.29) is 11.3 Å². The molecule has 0 bridgehead atoms. The molecule has 6 heteroatoms. The molecular formula is C15H17N3O3. The van der Waals surface area contributed by atoms with E-state index in [0.29, 0.717) is 12.4 Å². The first-order valence-electron chi connectivity index (χ1n) is 6.34. The highest BCUT2D eigenvalue weighted by Gasteiger charge is 2.15. The minimum Gasteiger partial charge on any atom is -0.497 e. The summed E-state index contributed by atoms with van der Waals surface area (Å²) in [5.74, 6) is 0.143. The topological polar surface area (TPSA) is 88.7 Å². The number of pyridine rings is 1. The van der Waals surface area contributed by atoms with Crippen LogP contribution in [0.5, 0.6) is 5.75 Å². The zero-order chi connectivity index (χ0) is 15.4. The van der Waals surface area contributed by atoms with Crippen LogP contribution in [-0.4, -0.2) is 30.2 Å². The number of rotatable bonds is 5. The Morgan fingerprint density at radius 2 is 2.19 bits per heavy atom. The molecule has 21 heavy (non-hydrogen) atoms. The Kier molecular flexibility index (Phi) is 4.27. The smallest absolute Gasteiger partial charge is 0.337 e. The van der Waals surface area contributed by atoms with Crippen molar-refractivity contribution in [2.24, 2.45) is 0 Å². The van der Waals surface area contributed by atoms with Gasteiger partial charge in [0.25, 0.3) is 0 Å². The molecule has 0 saturated heterocycles. The number of methoxy groups -OCH3 is 1. The van der Waals surface area contributed by atoms with Crippen molar-refractivity contribution in [2.75, 3.05) is 24.8 Å². The molecule has 2 aromatic rings. The van der Waals surface area contributed by atoms with E-state index in [1.165, 1.54) is 12.3 Å². The van der Waals surface area contributed by atoms with Gasteiger partial charge in [0.15, 0.2) is 5.82 Å². The lowest BCUT2D eigenvalue weighted by Crippen LogP contribution is -2.20. The van der Waals surface area contributed by atoms with E-state index in [9.17, 15) is 4.79 Å². The van der Waals surface area contributed by atoms with Crippen LogP contribution < -0.4 is 15.4 Å². The monoisotopic (exact) mass is 287 g/mol. The summed E-state index contributed by atoms with van der Waals surface area (Å²) in [6, 6.07) is 9.01. The third-order valence-electron chi connectivity index (χ3n) is 3.11. The highest BCUT2D eigenvalue weighted by Crippen LogP contribution is 2.25. The van der Waals surface area contributed by atoms with E-state index >= 15 is 0 Å². The fraction of sp³-hybridized carbons (Fsp3) is 0.200. The van der Waals surface area contributed by atoms with Gasteiger partial charge < -0.3 is 20.5 Å². The van der Waals surface area contributed by atoms with Crippen LogP contribution in [0.15, 0.2) is 36.5 Å². The number of nitrogens with two attached hydrogens (primary N) is 1. The predicted octanol–water partition coefficient (Wildman–Crippen LogP) is 2.01. The molecular weight excluding hydrogens is 270 g/mol. The van der Waals surface area contributed by atoms with E-state index in [1.807, 2.05) is 31.3 Å². The van der Waals surface area contributed by atoms with Crippen molar-refractivity contribution >= 4 is 17.5 Å². The Bertz CT molecular complexity index is 658. The van der Waals surface area contributed by atoms with E-state index in [0.717, 1.165) is 11.3 Å². The average Bonchev–Trinajstić information content (AvgIpc) is 2.47. The minimum absolute atomic E-state index is 0.0532. The SMILES string of the molecule is COc1cccc(CN(C)c2nccc(C(=O)O)c2N)c1. The van der Waals surface area contributed by atoms with Gasteiger partial charge >= 0.3 is 5.97 Å². The molecule has 0 aliphatic carbocycles. The van der Waals surface area contributed by atoms with Gasteiger partial charge in [0.1, 0.15) is 5.75 Å². The Balaban J connectivity index is 2.26. The van der Waals surface area contributed by atoms with Crippen molar-refractivity contribution in [3.63, 3.8) is 0 Å². The first-order chi connectivity index (χ1) is 10.0. The van der Waals surface area contributed by atoms with E-state index < -0.39 is 5.97 Å². The molecule has 2 rings (SSSR count).